The van der Waals surface area contributed by atoms with Gasteiger partial charge >= 0.3 is 0 Å². The predicted octanol–water partition coefficient (Wildman–Crippen LogP) is 8.38. The molecule has 170 valence electrons. The Hall–Kier alpha value is -3.14. The standard InChI is InChI=1S/C18H18N2O2.C5H10.2C2H6/c1-4-13(3)10-14(5-2)18(21)20-16-8-6-15(7-9-16)17-11-19-12-22-17;1-4-5(2)3;2*1-2/h5-12H,2-4H2,1H3,(H,20,21);2,4H2,1,3H3;2*1-2H3/b14-10+;;;. The Balaban J connectivity index is 0. The first kappa shape index (κ1) is 30.1. The number of aromatic nitrogens is 1. The molecule has 1 heterocycles. The van der Waals surface area contributed by atoms with Crippen molar-refractivity contribution in [2.75, 3.05) is 5.32 Å². The Kier molecular flexibility index (Phi) is 18.3. The van der Waals surface area contributed by atoms with E-state index in [1.165, 1.54) is 18.0 Å². The van der Waals surface area contributed by atoms with Gasteiger partial charge < -0.3 is 9.73 Å². The average Bonchev–Trinajstić information content (AvgIpc) is 3.35. The van der Waals surface area contributed by atoms with Crippen LogP contribution in [-0.4, -0.2) is 10.9 Å². The number of carbonyl (C=O) groups is 1. The third-order valence-corrected chi connectivity index (χ3v) is 3.76. The normalized spacial score (nSPS) is 9.45. The summed E-state index contributed by atoms with van der Waals surface area (Å²) in [4.78, 5) is 16.1. The van der Waals surface area contributed by atoms with E-state index in [2.05, 4.69) is 37.0 Å². The highest BCUT2D eigenvalue weighted by Gasteiger charge is 2.07. The number of hydrogen-bond donors (Lipinski definition) is 1. The summed E-state index contributed by atoms with van der Waals surface area (Å²) in [6.07, 6.45) is 8.19. The summed E-state index contributed by atoms with van der Waals surface area (Å²) in [5, 5.41) is 2.83. The molecule has 4 heteroatoms. The van der Waals surface area contributed by atoms with E-state index in [4.69, 9.17) is 4.42 Å². The fraction of sp³-hybridized carbons (Fsp3) is 0.333. The van der Waals surface area contributed by atoms with Crippen molar-refractivity contribution in [2.45, 2.75) is 61.3 Å². The van der Waals surface area contributed by atoms with Crippen molar-refractivity contribution in [3.63, 3.8) is 0 Å². The molecule has 31 heavy (non-hydrogen) atoms. The zero-order valence-corrected chi connectivity index (χ0v) is 20.4. The van der Waals surface area contributed by atoms with Crippen LogP contribution in [0.2, 0.25) is 0 Å². The van der Waals surface area contributed by atoms with E-state index in [0.29, 0.717) is 17.0 Å². The Morgan fingerprint density at radius 1 is 1.06 bits per heavy atom. The molecule has 4 nitrogen and oxygen atoms in total. The topological polar surface area (TPSA) is 55.1 Å². The zero-order chi connectivity index (χ0) is 24.2. The number of benzene rings is 1. The molecule has 1 aromatic heterocycles. The van der Waals surface area contributed by atoms with Gasteiger partial charge in [-0.05, 0) is 50.1 Å². The first-order valence-corrected chi connectivity index (χ1v) is 10.9. The van der Waals surface area contributed by atoms with Gasteiger partial charge in [-0.1, -0.05) is 71.9 Å². The van der Waals surface area contributed by atoms with Crippen LogP contribution in [0.25, 0.3) is 11.3 Å². The van der Waals surface area contributed by atoms with E-state index in [1.54, 1.807) is 12.3 Å². The Bertz CT molecular complexity index is 798. The van der Waals surface area contributed by atoms with E-state index in [0.717, 1.165) is 24.0 Å². The molecule has 0 aliphatic heterocycles. The summed E-state index contributed by atoms with van der Waals surface area (Å²) in [6, 6.07) is 7.34. The number of hydrogen-bond acceptors (Lipinski definition) is 3. The van der Waals surface area contributed by atoms with E-state index < -0.39 is 0 Å². The lowest BCUT2D eigenvalue weighted by molar-refractivity contribution is -0.112. The molecule has 1 N–H and O–H groups in total. The third-order valence-electron chi connectivity index (χ3n) is 3.76. The van der Waals surface area contributed by atoms with Crippen molar-refractivity contribution >= 4 is 11.6 Å². The minimum Gasteiger partial charge on any atom is -0.444 e. The monoisotopic (exact) mass is 424 g/mol. The quantitative estimate of drug-likeness (QED) is 0.276. The summed E-state index contributed by atoms with van der Waals surface area (Å²) in [5.41, 5.74) is 4.22. The summed E-state index contributed by atoms with van der Waals surface area (Å²) >= 11 is 0. The van der Waals surface area contributed by atoms with Crippen molar-refractivity contribution in [1.29, 1.82) is 0 Å². The molecule has 2 rings (SSSR count). The molecule has 0 fully saturated rings. The highest BCUT2D eigenvalue weighted by Crippen LogP contribution is 2.21. The SMILES string of the molecule is C=C(C)CC.C=C/C(=C\C(=C)CC)C(=O)Nc1ccc(-c2cnco2)cc1.CC.CC. The molecule has 1 aromatic carbocycles. The molecule has 0 aliphatic carbocycles. The number of nitrogens with zero attached hydrogens (tertiary/aromatic N) is 1. The van der Waals surface area contributed by atoms with Crippen LogP contribution in [0, 0.1) is 0 Å². The number of carbonyl (C=O) groups excluding carboxylic acids is 1. The lowest BCUT2D eigenvalue weighted by atomic mass is 10.1. The molecular formula is C27H40N2O2. The molecule has 1 amide bonds. The first-order valence-electron chi connectivity index (χ1n) is 10.9. The Labute approximate surface area is 189 Å². The fourth-order valence-electron chi connectivity index (χ4n) is 1.82. The second kappa shape index (κ2) is 18.9. The molecule has 0 saturated heterocycles. The third kappa shape index (κ3) is 12.9. The number of rotatable bonds is 7. The molecule has 0 aliphatic rings. The maximum atomic E-state index is 12.2. The van der Waals surface area contributed by atoms with Crippen molar-refractivity contribution < 1.29 is 9.21 Å². The summed E-state index contributed by atoms with van der Waals surface area (Å²) < 4.78 is 5.22. The van der Waals surface area contributed by atoms with Crippen LogP contribution in [0.3, 0.4) is 0 Å². The molecule has 0 bridgehead atoms. The van der Waals surface area contributed by atoms with Gasteiger partial charge in [0.05, 0.1) is 6.20 Å². The van der Waals surface area contributed by atoms with Crippen LogP contribution >= 0.6 is 0 Å². The molecule has 0 saturated carbocycles. The van der Waals surface area contributed by atoms with Crippen LogP contribution in [0.5, 0.6) is 0 Å². The lowest BCUT2D eigenvalue weighted by Gasteiger charge is -2.07. The highest BCUT2D eigenvalue weighted by atomic mass is 16.3. The molecule has 0 radical (unpaired) electrons. The van der Waals surface area contributed by atoms with E-state index in [9.17, 15) is 4.79 Å². The summed E-state index contributed by atoms with van der Waals surface area (Å²) in [6.45, 7) is 25.3. The van der Waals surface area contributed by atoms with Gasteiger partial charge in [0.15, 0.2) is 12.2 Å². The van der Waals surface area contributed by atoms with Gasteiger partial charge in [-0.2, -0.15) is 0 Å². The summed E-state index contributed by atoms with van der Waals surface area (Å²) in [5.74, 6) is 0.473. The van der Waals surface area contributed by atoms with Gasteiger partial charge in [-0.3, -0.25) is 4.79 Å². The second-order valence-electron chi connectivity index (χ2n) is 6.02. The first-order chi connectivity index (χ1) is 14.9. The van der Waals surface area contributed by atoms with E-state index >= 15 is 0 Å². The maximum Gasteiger partial charge on any atom is 0.255 e. The van der Waals surface area contributed by atoms with Crippen molar-refractivity contribution in [3.05, 3.63) is 85.5 Å². The fourth-order valence-corrected chi connectivity index (χ4v) is 1.82. The second-order valence-corrected chi connectivity index (χ2v) is 6.02. The van der Waals surface area contributed by atoms with Crippen LogP contribution in [0.4, 0.5) is 5.69 Å². The number of nitrogens with one attached hydrogen (secondary N) is 1. The molecule has 0 spiro atoms. The predicted molar refractivity (Wildman–Crippen MR) is 136 cm³/mol. The molecule has 2 aromatic rings. The van der Waals surface area contributed by atoms with Crippen molar-refractivity contribution in [3.8, 4) is 11.3 Å². The van der Waals surface area contributed by atoms with Crippen LogP contribution in [0.1, 0.15) is 61.3 Å². The van der Waals surface area contributed by atoms with Crippen molar-refractivity contribution in [2.24, 2.45) is 0 Å². The highest BCUT2D eigenvalue weighted by molar-refractivity contribution is 6.06. The smallest absolute Gasteiger partial charge is 0.255 e. The number of anilines is 1. The maximum absolute atomic E-state index is 12.2. The largest absolute Gasteiger partial charge is 0.444 e. The van der Waals surface area contributed by atoms with Crippen molar-refractivity contribution in [1.82, 2.24) is 4.98 Å². The van der Waals surface area contributed by atoms with E-state index in [1.807, 2.05) is 65.8 Å². The van der Waals surface area contributed by atoms with Gasteiger partial charge in [0, 0.05) is 16.8 Å². The van der Waals surface area contributed by atoms with Crippen LogP contribution in [-0.2, 0) is 4.79 Å². The minimum atomic E-state index is -0.211. The lowest BCUT2D eigenvalue weighted by Crippen LogP contribution is -2.13. The summed E-state index contributed by atoms with van der Waals surface area (Å²) in [7, 11) is 0. The van der Waals surface area contributed by atoms with E-state index in [-0.39, 0.29) is 5.91 Å². The van der Waals surface area contributed by atoms with Gasteiger partial charge in [-0.25, -0.2) is 4.98 Å². The number of oxazole rings is 1. The average molecular weight is 425 g/mol. The zero-order valence-electron chi connectivity index (χ0n) is 20.4. The molecule has 0 unspecified atom stereocenters. The van der Waals surface area contributed by atoms with Crippen LogP contribution < -0.4 is 5.32 Å². The van der Waals surface area contributed by atoms with Gasteiger partial charge in [-0.15, -0.1) is 6.58 Å². The minimum absolute atomic E-state index is 0.211. The van der Waals surface area contributed by atoms with Crippen LogP contribution in [0.15, 0.2) is 89.9 Å². The molecule has 0 atom stereocenters. The van der Waals surface area contributed by atoms with Gasteiger partial charge in [0.1, 0.15) is 0 Å². The Morgan fingerprint density at radius 3 is 2.00 bits per heavy atom. The molecular weight excluding hydrogens is 384 g/mol. The van der Waals surface area contributed by atoms with Gasteiger partial charge in [0.25, 0.3) is 5.91 Å². The Morgan fingerprint density at radius 2 is 1.61 bits per heavy atom. The number of allylic oxidation sites excluding steroid dienone is 3. The van der Waals surface area contributed by atoms with Gasteiger partial charge in [0.2, 0.25) is 0 Å². The number of amides is 1.